The van der Waals surface area contributed by atoms with Gasteiger partial charge in [0.1, 0.15) is 60.4 Å². The monoisotopic (exact) mass is 1250 g/mol. The summed E-state index contributed by atoms with van der Waals surface area (Å²) in [5, 5.41) is 47.9. The zero-order chi connectivity index (χ0) is 65.9. The van der Waals surface area contributed by atoms with Crippen LogP contribution < -0.4 is 81.4 Å². The number of hydrogen-bond donors (Lipinski definition) is 19. The molecular weight excluding hydrogens is 1170 g/mol. The van der Waals surface area contributed by atoms with Crippen LogP contribution in [0.25, 0.3) is 10.9 Å². The summed E-state index contributed by atoms with van der Waals surface area (Å²) in [5.41, 5.74) is 23.7. The SMILES string of the molecule is CC(C)C[C@@H]1NC(=O)CNC(=O)[C@H](CCCN=C(N)N)NC(=O)[C@H](Cc2c[nH]c3ccccc23)NC(=O)[C@H](CO)NC(=O)[C@H](CCCCN)NC(=O)[C@H](C)NC(=O)[C@H](C)NC(=O)[C@H](Cc2cnc[nH]2)NC(=O)[C@H](CC(N)=O)NC(=O)[C@H](CCC(=O)O)NC1=O. The lowest BCUT2D eigenvalue weighted by Gasteiger charge is -2.27. The van der Waals surface area contributed by atoms with Gasteiger partial charge >= 0.3 is 5.97 Å². The number of hydrogen-bond acceptors (Lipinski definition) is 17. The number of carbonyl (C=O) groups excluding carboxylic acids is 12. The average molecular weight is 1250 g/mol. The standard InChI is InChI=1S/C55H83N19O15/c1-27(2)18-37-51(86)70-36(14-15-44(78)79)49(84)73-40(21-42(57)76)53(88)72-39(20-31-23-60-26-64-31)50(85)66-28(3)45(80)65-29(4)46(81)68-35(12-7-8-16-56)48(83)74-41(25-75)54(89)71-38(19-30-22-62-33-11-6-5-10-32(30)33)52(87)69-34(13-9-17-61-55(58)59)47(82)63-24-43(77)67-37/h5-6,10-11,22-23,26-29,34-41,62,75H,7-9,12-21,24-25,56H2,1-4H3,(H2,57,76)(H,60,64)(H,63,82)(H,65,80)(H,66,85)(H,67,77)(H,68,81)(H,69,87)(H,70,86)(H,71,89)(H,72,88)(H,73,84)(H,74,83)(H,78,79)(H4,58,59,61)/t28-,29-,34-,35-,36-,37-,38-,39-,40-,41-/m0/s1. The number of aliphatic carboxylic acids is 1. The van der Waals surface area contributed by atoms with Crippen molar-refractivity contribution in [3.63, 3.8) is 0 Å². The van der Waals surface area contributed by atoms with Gasteiger partial charge in [0.15, 0.2) is 5.96 Å². The number of aliphatic imine (C=N–C) groups is 1. The lowest BCUT2D eigenvalue weighted by molar-refractivity contribution is -0.139. The summed E-state index contributed by atoms with van der Waals surface area (Å²) in [4.78, 5) is 192. The minimum atomic E-state index is -1.88. The Bertz CT molecular complexity index is 3000. The highest BCUT2D eigenvalue weighted by molar-refractivity contribution is 6.00. The Labute approximate surface area is 511 Å². The van der Waals surface area contributed by atoms with Gasteiger partial charge in [-0.25, -0.2) is 4.98 Å². The average Bonchev–Trinajstić information content (AvgIpc) is 3.73. The molecule has 89 heavy (non-hydrogen) atoms. The smallest absolute Gasteiger partial charge is 0.303 e. The number of carboxylic acids is 1. The van der Waals surface area contributed by atoms with Crippen molar-refractivity contribution < 1.29 is 72.5 Å². The van der Waals surface area contributed by atoms with E-state index in [1.165, 1.54) is 26.4 Å². The van der Waals surface area contributed by atoms with E-state index in [2.05, 4.69) is 78.4 Å². The van der Waals surface area contributed by atoms with Gasteiger partial charge in [-0.3, -0.25) is 67.3 Å². The number of H-pyrrole nitrogens is 2. The van der Waals surface area contributed by atoms with Crippen LogP contribution >= 0.6 is 0 Å². The van der Waals surface area contributed by atoms with Gasteiger partial charge in [0.25, 0.3) is 0 Å². The number of nitrogens with two attached hydrogens (primary N) is 4. The maximum absolute atomic E-state index is 14.6. The van der Waals surface area contributed by atoms with E-state index in [0.29, 0.717) is 22.9 Å². The number of aliphatic hydroxyl groups excluding tert-OH is 1. The van der Waals surface area contributed by atoms with Crippen molar-refractivity contribution in [2.75, 3.05) is 26.2 Å². The number of unbranched alkanes of at least 4 members (excludes halogenated alkanes) is 1. The maximum atomic E-state index is 14.6. The molecule has 0 aliphatic carbocycles. The number of rotatable bonds is 20. The molecule has 0 unspecified atom stereocenters. The first-order valence-electron chi connectivity index (χ1n) is 28.9. The number of benzene rings is 1. The fourth-order valence-corrected chi connectivity index (χ4v) is 9.18. The number of carbonyl (C=O) groups is 13. The number of fused-ring (bicyclic) bond motifs is 1. The van der Waals surface area contributed by atoms with Gasteiger partial charge in [-0.15, -0.1) is 0 Å². The molecule has 0 saturated carbocycles. The Morgan fingerprint density at radius 1 is 0.607 bits per heavy atom. The number of primary amides is 1. The summed E-state index contributed by atoms with van der Waals surface area (Å²) in [6, 6.07) is -8.78. The van der Waals surface area contributed by atoms with Crippen molar-refractivity contribution in [3.05, 3.63) is 54.2 Å². The van der Waals surface area contributed by atoms with Crippen molar-refractivity contribution in [2.24, 2.45) is 33.8 Å². The highest BCUT2D eigenvalue weighted by atomic mass is 16.4. The molecule has 1 aliphatic rings. The second-order valence-electron chi connectivity index (χ2n) is 21.7. The molecule has 1 aliphatic heterocycles. The third kappa shape index (κ3) is 24.2. The third-order valence-electron chi connectivity index (χ3n) is 13.9. The number of aromatic amines is 2. The van der Waals surface area contributed by atoms with E-state index in [-0.39, 0.29) is 75.6 Å². The Balaban J connectivity index is 1.80. The van der Waals surface area contributed by atoms with Gasteiger partial charge in [0.2, 0.25) is 70.9 Å². The van der Waals surface area contributed by atoms with E-state index < -0.39 is 170 Å². The number of amides is 12. The summed E-state index contributed by atoms with van der Waals surface area (Å²) in [7, 11) is 0. The van der Waals surface area contributed by atoms with Crippen LogP contribution in [0.3, 0.4) is 0 Å². The van der Waals surface area contributed by atoms with Gasteiger partial charge in [-0.05, 0) is 82.9 Å². The van der Waals surface area contributed by atoms with Crippen molar-refractivity contribution in [2.45, 2.75) is 159 Å². The minimum absolute atomic E-state index is 0.0294. The van der Waals surface area contributed by atoms with Gasteiger partial charge in [-0.1, -0.05) is 32.0 Å². The van der Waals surface area contributed by atoms with Gasteiger partial charge in [0.05, 0.1) is 25.9 Å². The van der Waals surface area contributed by atoms with E-state index in [4.69, 9.17) is 22.9 Å². The number of para-hydroxylation sites is 1. The van der Waals surface area contributed by atoms with E-state index >= 15 is 0 Å². The predicted octanol–water partition coefficient (Wildman–Crippen LogP) is -6.35. The molecule has 4 rings (SSSR count). The van der Waals surface area contributed by atoms with E-state index in [0.717, 1.165) is 0 Å². The second kappa shape index (κ2) is 35.8. The lowest BCUT2D eigenvalue weighted by atomic mass is 10.0. The number of nitrogens with zero attached hydrogens (tertiary/aromatic N) is 2. The number of imidazole rings is 1. The Morgan fingerprint density at radius 2 is 1.12 bits per heavy atom. The van der Waals surface area contributed by atoms with Gasteiger partial charge in [0, 0.05) is 54.8 Å². The minimum Gasteiger partial charge on any atom is -0.481 e. The predicted molar refractivity (Wildman–Crippen MR) is 318 cm³/mol. The van der Waals surface area contributed by atoms with Crippen LogP contribution in [0, 0.1) is 5.92 Å². The molecular formula is C55H83N19O15. The number of aliphatic hydroxyl groups is 1. The first-order valence-corrected chi connectivity index (χ1v) is 28.9. The number of nitrogens with one attached hydrogen (secondary N) is 13. The molecule has 34 heteroatoms. The summed E-state index contributed by atoms with van der Waals surface area (Å²) >= 11 is 0. The van der Waals surface area contributed by atoms with Crippen LogP contribution in [-0.4, -0.2) is 195 Å². The molecule has 0 radical (unpaired) electrons. The Hall–Kier alpha value is -9.73. The lowest BCUT2D eigenvalue weighted by Crippen LogP contribution is -2.60. The largest absolute Gasteiger partial charge is 0.481 e. The Morgan fingerprint density at radius 3 is 1.73 bits per heavy atom. The highest BCUT2D eigenvalue weighted by Gasteiger charge is 2.36. The molecule has 1 aromatic carbocycles. The maximum Gasteiger partial charge on any atom is 0.303 e. The van der Waals surface area contributed by atoms with Crippen molar-refractivity contribution in [1.29, 1.82) is 0 Å². The fourth-order valence-electron chi connectivity index (χ4n) is 9.18. The molecule has 488 valence electrons. The molecule has 12 amide bonds. The van der Waals surface area contributed by atoms with Crippen LogP contribution in [-0.2, 0) is 75.2 Å². The first kappa shape index (κ1) is 71.7. The molecule has 23 N–H and O–H groups in total. The van der Waals surface area contributed by atoms with Crippen LogP contribution in [0.2, 0.25) is 0 Å². The zero-order valence-electron chi connectivity index (χ0n) is 49.9. The van der Waals surface area contributed by atoms with Gasteiger partial charge in [-0.2, -0.15) is 0 Å². The molecule has 10 atom stereocenters. The van der Waals surface area contributed by atoms with Crippen LogP contribution in [0.15, 0.2) is 48.0 Å². The quantitative estimate of drug-likeness (QED) is 0.0284. The Kier molecular flexibility index (Phi) is 28.9. The summed E-state index contributed by atoms with van der Waals surface area (Å²) < 4.78 is 0. The van der Waals surface area contributed by atoms with Crippen LogP contribution in [0.5, 0.6) is 0 Å². The van der Waals surface area contributed by atoms with E-state index in [1.54, 1.807) is 44.3 Å². The fraction of sp³-hybridized carbons (Fsp3) is 0.545. The molecule has 34 nitrogen and oxygen atoms in total. The molecule has 2 aromatic heterocycles. The molecule has 3 aromatic rings. The van der Waals surface area contributed by atoms with Crippen LogP contribution in [0.4, 0.5) is 0 Å². The summed E-state index contributed by atoms with van der Waals surface area (Å²) in [5.74, 6) is -14.3. The van der Waals surface area contributed by atoms with Gasteiger partial charge < -0.3 is 102 Å². The molecule has 0 bridgehead atoms. The normalized spacial score (nSPS) is 24.0. The third-order valence-corrected chi connectivity index (χ3v) is 13.9. The zero-order valence-corrected chi connectivity index (χ0v) is 49.9. The number of aromatic nitrogens is 3. The molecule has 1 saturated heterocycles. The van der Waals surface area contributed by atoms with E-state index in [9.17, 15) is 72.5 Å². The summed E-state index contributed by atoms with van der Waals surface area (Å²) in [6.45, 7) is 4.19. The number of carboxylic acid groups (broad SMARTS) is 1. The van der Waals surface area contributed by atoms with E-state index in [1.807, 2.05) is 0 Å². The highest BCUT2D eigenvalue weighted by Crippen LogP contribution is 2.20. The molecule has 0 spiro atoms. The summed E-state index contributed by atoms with van der Waals surface area (Å²) in [6.07, 6.45) is 1.76. The second-order valence-corrected chi connectivity index (χ2v) is 21.7. The van der Waals surface area contributed by atoms with Crippen molar-refractivity contribution in [1.82, 2.24) is 73.4 Å². The first-order chi connectivity index (χ1) is 42.2. The van der Waals surface area contributed by atoms with Crippen molar-refractivity contribution >= 4 is 93.7 Å². The topological polar surface area (TPSA) is 556 Å². The van der Waals surface area contributed by atoms with Crippen LogP contribution in [0.1, 0.15) is 96.7 Å². The van der Waals surface area contributed by atoms with Crippen molar-refractivity contribution in [3.8, 4) is 0 Å². The molecule has 1 fully saturated rings. The molecule has 3 heterocycles. The number of guanidine groups is 1.